The highest BCUT2D eigenvalue weighted by atomic mass is 16.5. The van der Waals surface area contributed by atoms with Gasteiger partial charge in [-0.05, 0) is 37.1 Å². The van der Waals surface area contributed by atoms with Crippen molar-refractivity contribution in [3.8, 4) is 11.5 Å². The Balaban J connectivity index is 1.73. The van der Waals surface area contributed by atoms with Gasteiger partial charge < -0.3 is 14.4 Å². The van der Waals surface area contributed by atoms with Gasteiger partial charge in [0.2, 0.25) is 0 Å². The van der Waals surface area contributed by atoms with Crippen molar-refractivity contribution in [1.29, 1.82) is 0 Å². The maximum atomic E-state index is 12.6. The van der Waals surface area contributed by atoms with E-state index in [-0.39, 0.29) is 18.6 Å². The Morgan fingerprint density at radius 2 is 1.82 bits per heavy atom. The molecule has 0 saturated carbocycles. The van der Waals surface area contributed by atoms with E-state index in [1.807, 2.05) is 41.3 Å². The first kappa shape index (κ1) is 14.4. The SMILES string of the molecule is COc1ccccc1OCC(=O)N1c2ccccc2C[C@@H]1C. The number of methoxy groups -OCH3 is 1. The zero-order valence-electron chi connectivity index (χ0n) is 12.8. The number of anilines is 1. The number of hydrogen-bond donors (Lipinski definition) is 0. The number of hydrogen-bond acceptors (Lipinski definition) is 3. The second kappa shape index (κ2) is 6.10. The highest BCUT2D eigenvalue weighted by Gasteiger charge is 2.30. The summed E-state index contributed by atoms with van der Waals surface area (Å²) in [7, 11) is 1.59. The summed E-state index contributed by atoms with van der Waals surface area (Å²) in [4.78, 5) is 14.4. The van der Waals surface area contributed by atoms with Crippen molar-refractivity contribution in [1.82, 2.24) is 0 Å². The van der Waals surface area contributed by atoms with Gasteiger partial charge in [0.15, 0.2) is 18.1 Å². The minimum absolute atomic E-state index is 0.000945. The smallest absolute Gasteiger partial charge is 0.265 e. The third-order valence-corrected chi connectivity index (χ3v) is 3.90. The number of fused-ring (bicyclic) bond motifs is 1. The molecule has 0 N–H and O–H groups in total. The first-order valence-electron chi connectivity index (χ1n) is 7.36. The van der Waals surface area contributed by atoms with Crippen LogP contribution in [-0.2, 0) is 11.2 Å². The molecule has 1 aliphatic heterocycles. The van der Waals surface area contributed by atoms with E-state index in [1.165, 1.54) is 5.56 Å². The molecule has 0 aromatic heterocycles. The van der Waals surface area contributed by atoms with Crippen LogP contribution in [-0.4, -0.2) is 25.7 Å². The molecule has 1 atom stereocenters. The summed E-state index contributed by atoms with van der Waals surface area (Å²) in [6.45, 7) is 2.06. The van der Waals surface area contributed by atoms with Gasteiger partial charge in [0.25, 0.3) is 5.91 Å². The summed E-state index contributed by atoms with van der Waals surface area (Å²) < 4.78 is 10.9. The van der Waals surface area contributed by atoms with Crippen LogP contribution in [0.1, 0.15) is 12.5 Å². The Morgan fingerprint density at radius 3 is 2.59 bits per heavy atom. The molecule has 0 spiro atoms. The van der Waals surface area contributed by atoms with Gasteiger partial charge in [-0.2, -0.15) is 0 Å². The highest BCUT2D eigenvalue weighted by molar-refractivity contribution is 5.97. The van der Waals surface area contributed by atoms with Crippen molar-refractivity contribution in [2.45, 2.75) is 19.4 Å². The number of carbonyl (C=O) groups excluding carboxylic acids is 1. The Hall–Kier alpha value is -2.49. The molecular weight excluding hydrogens is 278 g/mol. The minimum Gasteiger partial charge on any atom is -0.493 e. The predicted octanol–water partition coefficient (Wildman–Crippen LogP) is 3.05. The average molecular weight is 297 g/mol. The Bertz CT molecular complexity index is 684. The second-order valence-corrected chi connectivity index (χ2v) is 5.39. The van der Waals surface area contributed by atoms with E-state index in [0.717, 1.165) is 12.1 Å². The Kier molecular flexibility index (Phi) is 4.00. The first-order chi connectivity index (χ1) is 10.7. The second-order valence-electron chi connectivity index (χ2n) is 5.39. The summed E-state index contributed by atoms with van der Waals surface area (Å²) in [6.07, 6.45) is 0.885. The van der Waals surface area contributed by atoms with Gasteiger partial charge in [-0.1, -0.05) is 30.3 Å². The van der Waals surface area contributed by atoms with E-state index >= 15 is 0 Å². The summed E-state index contributed by atoms with van der Waals surface area (Å²) in [6, 6.07) is 15.5. The third-order valence-electron chi connectivity index (χ3n) is 3.90. The van der Waals surface area contributed by atoms with Crippen molar-refractivity contribution in [2.24, 2.45) is 0 Å². The number of nitrogens with zero attached hydrogens (tertiary/aromatic N) is 1. The lowest BCUT2D eigenvalue weighted by atomic mass is 10.1. The maximum absolute atomic E-state index is 12.6. The monoisotopic (exact) mass is 297 g/mol. The molecule has 0 saturated heterocycles. The van der Waals surface area contributed by atoms with Crippen molar-refractivity contribution < 1.29 is 14.3 Å². The van der Waals surface area contributed by atoms with Crippen molar-refractivity contribution in [3.63, 3.8) is 0 Å². The summed E-state index contributed by atoms with van der Waals surface area (Å²) in [5, 5.41) is 0. The van der Waals surface area contributed by atoms with Crippen molar-refractivity contribution >= 4 is 11.6 Å². The molecule has 3 rings (SSSR count). The van der Waals surface area contributed by atoms with Gasteiger partial charge in [-0.3, -0.25) is 4.79 Å². The van der Waals surface area contributed by atoms with E-state index in [2.05, 4.69) is 13.0 Å². The van der Waals surface area contributed by atoms with Crippen LogP contribution in [0.2, 0.25) is 0 Å². The van der Waals surface area contributed by atoms with Crippen LogP contribution in [0.15, 0.2) is 48.5 Å². The molecule has 1 heterocycles. The largest absolute Gasteiger partial charge is 0.493 e. The fraction of sp³-hybridized carbons (Fsp3) is 0.278. The van der Waals surface area contributed by atoms with Gasteiger partial charge in [0, 0.05) is 11.7 Å². The predicted molar refractivity (Wildman–Crippen MR) is 85.6 cm³/mol. The van der Waals surface area contributed by atoms with E-state index < -0.39 is 0 Å². The van der Waals surface area contributed by atoms with Crippen LogP contribution in [0.5, 0.6) is 11.5 Å². The topological polar surface area (TPSA) is 38.8 Å². The van der Waals surface area contributed by atoms with Gasteiger partial charge in [0.1, 0.15) is 0 Å². The maximum Gasteiger partial charge on any atom is 0.265 e. The molecule has 4 nitrogen and oxygen atoms in total. The molecule has 2 aromatic carbocycles. The molecule has 1 amide bonds. The van der Waals surface area contributed by atoms with Gasteiger partial charge in [-0.15, -0.1) is 0 Å². The van der Waals surface area contributed by atoms with Gasteiger partial charge in [0.05, 0.1) is 7.11 Å². The molecule has 1 aliphatic rings. The van der Waals surface area contributed by atoms with E-state index in [0.29, 0.717) is 11.5 Å². The van der Waals surface area contributed by atoms with Crippen molar-refractivity contribution in [3.05, 3.63) is 54.1 Å². The number of rotatable bonds is 4. The normalized spacial score (nSPS) is 16.3. The molecule has 0 radical (unpaired) electrons. The number of benzene rings is 2. The molecule has 0 unspecified atom stereocenters. The summed E-state index contributed by atoms with van der Waals surface area (Å²) in [5.74, 6) is 1.17. The first-order valence-corrected chi connectivity index (χ1v) is 7.36. The van der Waals surface area contributed by atoms with Crippen LogP contribution in [0.3, 0.4) is 0 Å². The molecule has 114 valence electrons. The third kappa shape index (κ3) is 2.64. The molecule has 22 heavy (non-hydrogen) atoms. The summed E-state index contributed by atoms with van der Waals surface area (Å²) >= 11 is 0. The Labute approximate surface area is 130 Å². The lowest BCUT2D eigenvalue weighted by molar-refractivity contribution is -0.120. The molecular formula is C18H19NO3. The number of ether oxygens (including phenoxy) is 2. The van der Waals surface area contributed by atoms with E-state index in [9.17, 15) is 4.79 Å². The zero-order valence-corrected chi connectivity index (χ0v) is 12.8. The van der Waals surface area contributed by atoms with Crippen LogP contribution >= 0.6 is 0 Å². The van der Waals surface area contributed by atoms with Crippen LogP contribution < -0.4 is 14.4 Å². The van der Waals surface area contributed by atoms with E-state index in [1.54, 1.807) is 13.2 Å². The molecule has 0 aliphatic carbocycles. The molecule has 0 fully saturated rings. The van der Waals surface area contributed by atoms with Crippen molar-refractivity contribution in [2.75, 3.05) is 18.6 Å². The quantitative estimate of drug-likeness (QED) is 0.870. The van der Waals surface area contributed by atoms with Crippen LogP contribution in [0, 0.1) is 0 Å². The fourth-order valence-electron chi connectivity index (χ4n) is 2.89. The zero-order chi connectivity index (χ0) is 15.5. The highest BCUT2D eigenvalue weighted by Crippen LogP contribution is 2.32. The van der Waals surface area contributed by atoms with Crippen LogP contribution in [0.4, 0.5) is 5.69 Å². The lowest BCUT2D eigenvalue weighted by Gasteiger charge is -2.23. The molecule has 4 heteroatoms. The number of carbonyl (C=O) groups is 1. The van der Waals surface area contributed by atoms with Gasteiger partial charge >= 0.3 is 0 Å². The lowest BCUT2D eigenvalue weighted by Crippen LogP contribution is -2.39. The van der Waals surface area contributed by atoms with E-state index in [4.69, 9.17) is 9.47 Å². The van der Waals surface area contributed by atoms with Gasteiger partial charge in [-0.25, -0.2) is 0 Å². The van der Waals surface area contributed by atoms with Crippen LogP contribution in [0.25, 0.3) is 0 Å². The number of para-hydroxylation sites is 3. The average Bonchev–Trinajstić information content (AvgIpc) is 2.88. The Morgan fingerprint density at radius 1 is 1.14 bits per heavy atom. The standard InChI is InChI=1S/C18H19NO3/c1-13-11-14-7-3-4-8-15(14)19(13)18(20)12-22-17-10-6-5-9-16(17)21-2/h3-10,13H,11-12H2,1-2H3/t13-/m0/s1. The minimum atomic E-state index is -0.0386. The molecule has 2 aromatic rings. The number of amides is 1. The summed E-state index contributed by atoms with van der Waals surface area (Å²) in [5.41, 5.74) is 2.20. The fourth-order valence-corrected chi connectivity index (χ4v) is 2.89. The molecule has 0 bridgehead atoms.